The Morgan fingerprint density at radius 2 is 2.04 bits per heavy atom. The Kier molecular flexibility index (Phi) is 5.39. The third kappa shape index (κ3) is 4.50. The van der Waals surface area contributed by atoms with Crippen LogP contribution in [0, 0.1) is 12.3 Å². The second-order valence-corrected chi connectivity index (χ2v) is 8.40. The van der Waals surface area contributed by atoms with E-state index in [0.29, 0.717) is 18.5 Å². The van der Waals surface area contributed by atoms with E-state index in [0.717, 1.165) is 17.4 Å². The normalized spacial score (nSPS) is 12.7. The van der Waals surface area contributed by atoms with E-state index in [1.165, 1.54) is 0 Å². The molecule has 1 heterocycles. The molecule has 0 fully saturated rings. The number of aromatic nitrogens is 1. The van der Waals surface area contributed by atoms with Gasteiger partial charge in [-0.1, -0.05) is 26.0 Å². The van der Waals surface area contributed by atoms with E-state index in [-0.39, 0.29) is 16.9 Å². The molecule has 1 aromatic heterocycles. The number of rotatable bonds is 7. The highest BCUT2D eigenvalue weighted by atomic mass is 32.2. The van der Waals surface area contributed by atoms with Crippen molar-refractivity contribution in [1.29, 1.82) is 0 Å². The summed E-state index contributed by atoms with van der Waals surface area (Å²) in [5, 5.41) is 10.0. The number of aliphatic hydroxyl groups excluding tert-OH is 1. The molecule has 23 heavy (non-hydrogen) atoms. The Labute approximate surface area is 137 Å². The summed E-state index contributed by atoms with van der Waals surface area (Å²) in [7, 11) is -3.60. The summed E-state index contributed by atoms with van der Waals surface area (Å²) in [6.45, 7) is 6.27. The van der Waals surface area contributed by atoms with Gasteiger partial charge in [0, 0.05) is 24.7 Å². The minimum Gasteiger partial charge on any atom is -0.396 e. The standard InChI is InChI=1S/C17H24N2O3S/c1-13-10-14-6-4-7-15(16(14)18-11-13)23(21,22)19-9-5-8-17(2,3)12-20/h4,6-7,10-11,19-20H,5,8-9,12H2,1-3H3. The van der Waals surface area contributed by atoms with Gasteiger partial charge in [-0.3, -0.25) is 4.98 Å². The molecule has 0 saturated carbocycles. The molecule has 126 valence electrons. The van der Waals surface area contributed by atoms with Crippen LogP contribution in [0.3, 0.4) is 0 Å². The number of nitrogens with one attached hydrogen (secondary N) is 1. The zero-order valence-electron chi connectivity index (χ0n) is 13.8. The molecule has 6 heteroatoms. The molecule has 0 bridgehead atoms. The Hall–Kier alpha value is -1.50. The van der Waals surface area contributed by atoms with Crippen molar-refractivity contribution < 1.29 is 13.5 Å². The zero-order chi connectivity index (χ0) is 17.1. The number of hydrogen-bond acceptors (Lipinski definition) is 4. The number of pyridine rings is 1. The van der Waals surface area contributed by atoms with Crippen LogP contribution in [0.15, 0.2) is 35.4 Å². The van der Waals surface area contributed by atoms with Crippen molar-refractivity contribution in [2.75, 3.05) is 13.2 Å². The number of aliphatic hydroxyl groups is 1. The predicted octanol–water partition coefficient (Wildman–Crippen LogP) is 2.62. The summed E-state index contributed by atoms with van der Waals surface area (Å²) in [4.78, 5) is 4.48. The van der Waals surface area contributed by atoms with Crippen LogP contribution in [0.5, 0.6) is 0 Å². The van der Waals surface area contributed by atoms with Gasteiger partial charge < -0.3 is 5.11 Å². The van der Waals surface area contributed by atoms with Crippen LogP contribution in [0.4, 0.5) is 0 Å². The molecule has 0 amide bonds. The fourth-order valence-corrected chi connectivity index (χ4v) is 3.64. The Balaban J connectivity index is 2.14. The van der Waals surface area contributed by atoms with Crippen LogP contribution < -0.4 is 4.72 Å². The number of para-hydroxylation sites is 1. The molecular weight excluding hydrogens is 312 g/mol. The summed E-state index contributed by atoms with van der Waals surface area (Å²) in [6.07, 6.45) is 3.09. The van der Waals surface area contributed by atoms with Gasteiger partial charge in [0.25, 0.3) is 0 Å². The van der Waals surface area contributed by atoms with Gasteiger partial charge in [-0.25, -0.2) is 13.1 Å². The lowest BCUT2D eigenvalue weighted by atomic mass is 9.89. The minimum atomic E-state index is -3.60. The van der Waals surface area contributed by atoms with Gasteiger partial charge in [-0.15, -0.1) is 0 Å². The first-order valence-corrected chi connectivity index (χ1v) is 9.19. The summed E-state index contributed by atoms with van der Waals surface area (Å²) >= 11 is 0. The van der Waals surface area contributed by atoms with Gasteiger partial charge in [-0.05, 0) is 42.9 Å². The Morgan fingerprint density at radius 1 is 1.30 bits per heavy atom. The molecule has 2 N–H and O–H groups in total. The molecule has 2 rings (SSSR count). The Bertz CT molecular complexity index is 786. The van der Waals surface area contributed by atoms with Crippen molar-refractivity contribution in [3.63, 3.8) is 0 Å². The lowest BCUT2D eigenvalue weighted by Crippen LogP contribution is -2.27. The average molecular weight is 336 g/mol. The molecule has 2 aromatic rings. The van der Waals surface area contributed by atoms with E-state index in [4.69, 9.17) is 0 Å². The first-order valence-electron chi connectivity index (χ1n) is 7.71. The van der Waals surface area contributed by atoms with Crippen molar-refractivity contribution in [3.8, 4) is 0 Å². The average Bonchev–Trinajstić information content (AvgIpc) is 2.51. The minimum absolute atomic E-state index is 0.0896. The maximum Gasteiger partial charge on any atom is 0.242 e. The van der Waals surface area contributed by atoms with Crippen LogP contribution in [0.1, 0.15) is 32.3 Å². The van der Waals surface area contributed by atoms with Crippen LogP contribution >= 0.6 is 0 Å². The molecule has 5 nitrogen and oxygen atoms in total. The number of sulfonamides is 1. The van der Waals surface area contributed by atoms with Gasteiger partial charge in [0.1, 0.15) is 4.90 Å². The highest BCUT2D eigenvalue weighted by Gasteiger charge is 2.19. The molecule has 0 aliphatic rings. The van der Waals surface area contributed by atoms with Crippen LogP contribution in [-0.4, -0.2) is 31.7 Å². The molecule has 0 spiro atoms. The second kappa shape index (κ2) is 6.95. The molecule has 0 radical (unpaired) electrons. The predicted molar refractivity (Wildman–Crippen MR) is 91.8 cm³/mol. The van der Waals surface area contributed by atoms with Gasteiger partial charge in [0.2, 0.25) is 10.0 Å². The molecule has 1 aromatic carbocycles. The fourth-order valence-electron chi connectivity index (χ4n) is 2.39. The molecule has 0 atom stereocenters. The SMILES string of the molecule is Cc1cnc2c(S(=O)(=O)NCCCC(C)(C)CO)cccc2c1. The maximum absolute atomic E-state index is 12.5. The van der Waals surface area contributed by atoms with Gasteiger partial charge in [0.05, 0.1) is 5.52 Å². The van der Waals surface area contributed by atoms with Gasteiger partial charge >= 0.3 is 0 Å². The number of nitrogens with zero attached hydrogens (tertiary/aromatic N) is 1. The summed E-state index contributed by atoms with van der Waals surface area (Å²) in [5.41, 5.74) is 1.29. The van der Waals surface area contributed by atoms with E-state index >= 15 is 0 Å². The van der Waals surface area contributed by atoms with Crippen LogP contribution in [0.2, 0.25) is 0 Å². The van der Waals surface area contributed by atoms with E-state index in [1.807, 2.05) is 32.9 Å². The first kappa shape index (κ1) is 17.8. The molecule has 0 unspecified atom stereocenters. The van der Waals surface area contributed by atoms with Gasteiger partial charge in [0.15, 0.2) is 0 Å². The van der Waals surface area contributed by atoms with E-state index in [1.54, 1.807) is 18.3 Å². The highest BCUT2D eigenvalue weighted by molar-refractivity contribution is 7.89. The third-order valence-corrected chi connectivity index (χ3v) is 5.34. The smallest absolute Gasteiger partial charge is 0.242 e. The molecule has 0 saturated heterocycles. The van der Waals surface area contributed by atoms with Crippen LogP contribution in [-0.2, 0) is 10.0 Å². The number of hydrogen-bond donors (Lipinski definition) is 2. The molecular formula is C17H24N2O3S. The third-order valence-electron chi connectivity index (χ3n) is 3.85. The number of aryl methyl sites for hydroxylation is 1. The lowest BCUT2D eigenvalue weighted by Gasteiger charge is -2.21. The number of benzene rings is 1. The first-order chi connectivity index (χ1) is 10.7. The summed E-state index contributed by atoms with van der Waals surface area (Å²) in [6, 6.07) is 7.08. The molecule has 0 aliphatic heterocycles. The largest absolute Gasteiger partial charge is 0.396 e. The van der Waals surface area contributed by atoms with E-state index < -0.39 is 10.0 Å². The van der Waals surface area contributed by atoms with Crippen molar-refractivity contribution in [2.45, 2.75) is 38.5 Å². The lowest BCUT2D eigenvalue weighted by molar-refractivity contribution is 0.148. The topological polar surface area (TPSA) is 79.3 Å². The summed E-state index contributed by atoms with van der Waals surface area (Å²) in [5.74, 6) is 0. The monoisotopic (exact) mass is 336 g/mol. The van der Waals surface area contributed by atoms with Crippen molar-refractivity contribution in [2.24, 2.45) is 5.41 Å². The summed E-state index contributed by atoms with van der Waals surface area (Å²) < 4.78 is 27.7. The maximum atomic E-state index is 12.5. The fraction of sp³-hybridized carbons (Fsp3) is 0.471. The van der Waals surface area contributed by atoms with Gasteiger partial charge in [-0.2, -0.15) is 0 Å². The second-order valence-electron chi connectivity index (χ2n) is 6.66. The Morgan fingerprint density at radius 3 is 2.74 bits per heavy atom. The van der Waals surface area contributed by atoms with Crippen LogP contribution in [0.25, 0.3) is 10.9 Å². The van der Waals surface area contributed by atoms with E-state index in [9.17, 15) is 13.5 Å². The highest BCUT2D eigenvalue weighted by Crippen LogP contribution is 2.23. The number of fused-ring (bicyclic) bond motifs is 1. The quantitative estimate of drug-likeness (QED) is 0.762. The molecule has 0 aliphatic carbocycles. The van der Waals surface area contributed by atoms with Crippen molar-refractivity contribution in [3.05, 3.63) is 36.0 Å². The van der Waals surface area contributed by atoms with E-state index in [2.05, 4.69) is 9.71 Å². The zero-order valence-corrected chi connectivity index (χ0v) is 14.7. The van der Waals surface area contributed by atoms with Crippen molar-refractivity contribution in [1.82, 2.24) is 9.71 Å². The van der Waals surface area contributed by atoms with Crippen molar-refractivity contribution >= 4 is 20.9 Å².